The normalized spacial score (nSPS) is 10.9. The number of aryl methyl sites for hydroxylation is 1. The first kappa shape index (κ1) is 18.7. The van der Waals surface area contributed by atoms with E-state index in [1.165, 1.54) is 9.75 Å². The molecule has 0 unspecified atom stereocenters. The third-order valence-corrected chi connectivity index (χ3v) is 6.56. The molecule has 3 aromatic heterocycles. The standard InChI is InChI=1S/C23H22N2OS2/c1-18-8-9-19(16-22(18)24-11-2-3-12-24)23(26)25(17-21-7-5-15-28-21)13-10-20-6-4-14-27-20/h2-9,11-12,14-16H,10,13,17H2,1H3. The monoisotopic (exact) mass is 406 g/mol. The molecule has 142 valence electrons. The van der Waals surface area contributed by atoms with Gasteiger partial charge in [-0.05, 0) is 66.1 Å². The lowest BCUT2D eigenvalue weighted by molar-refractivity contribution is 0.0747. The minimum Gasteiger partial charge on any atom is -0.333 e. The number of hydrogen-bond donors (Lipinski definition) is 0. The van der Waals surface area contributed by atoms with Crippen LogP contribution in [0.1, 0.15) is 25.7 Å². The van der Waals surface area contributed by atoms with Crippen molar-refractivity contribution in [3.05, 3.63) is 98.6 Å². The zero-order chi connectivity index (χ0) is 19.3. The van der Waals surface area contributed by atoms with Gasteiger partial charge in [0, 0.05) is 39.9 Å². The summed E-state index contributed by atoms with van der Waals surface area (Å²) in [5, 5.41) is 4.15. The Labute approximate surface area is 173 Å². The SMILES string of the molecule is Cc1ccc(C(=O)N(CCc2cccs2)Cc2cccs2)cc1-n1cccc1. The molecule has 0 aliphatic rings. The molecule has 0 radical (unpaired) electrons. The van der Waals surface area contributed by atoms with Crippen LogP contribution in [-0.4, -0.2) is 21.9 Å². The molecule has 3 nitrogen and oxygen atoms in total. The number of nitrogens with zero attached hydrogens (tertiary/aromatic N) is 2. The second-order valence-corrected chi connectivity index (χ2v) is 8.79. The van der Waals surface area contributed by atoms with Crippen molar-refractivity contribution >= 4 is 28.6 Å². The molecule has 0 fully saturated rings. The zero-order valence-corrected chi connectivity index (χ0v) is 17.4. The van der Waals surface area contributed by atoms with Gasteiger partial charge in [-0.2, -0.15) is 0 Å². The van der Waals surface area contributed by atoms with Crippen molar-refractivity contribution in [2.45, 2.75) is 19.9 Å². The van der Waals surface area contributed by atoms with E-state index in [-0.39, 0.29) is 5.91 Å². The Bertz CT molecular complexity index is 1020. The van der Waals surface area contributed by atoms with Crippen molar-refractivity contribution < 1.29 is 4.79 Å². The minimum atomic E-state index is 0.0818. The summed E-state index contributed by atoms with van der Waals surface area (Å²) in [6.07, 6.45) is 4.90. The largest absolute Gasteiger partial charge is 0.333 e. The summed E-state index contributed by atoms with van der Waals surface area (Å²) in [6, 6.07) is 18.3. The van der Waals surface area contributed by atoms with Gasteiger partial charge in [0.1, 0.15) is 0 Å². The Morgan fingerprint density at radius 2 is 1.68 bits per heavy atom. The van der Waals surface area contributed by atoms with Crippen LogP contribution in [0, 0.1) is 6.92 Å². The summed E-state index contributed by atoms with van der Waals surface area (Å²) in [6.45, 7) is 3.43. The topological polar surface area (TPSA) is 25.2 Å². The number of carbonyl (C=O) groups excluding carboxylic acids is 1. The van der Waals surface area contributed by atoms with Gasteiger partial charge >= 0.3 is 0 Å². The number of benzene rings is 1. The highest BCUT2D eigenvalue weighted by Crippen LogP contribution is 2.20. The molecule has 3 heterocycles. The average Bonchev–Trinajstić information content (AvgIpc) is 3.48. The van der Waals surface area contributed by atoms with Crippen LogP contribution in [0.5, 0.6) is 0 Å². The Morgan fingerprint density at radius 3 is 2.36 bits per heavy atom. The maximum atomic E-state index is 13.4. The van der Waals surface area contributed by atoms with E-state index < -0.39 is 0 Å². The van der Waals surface area contributed by atoms with E-state index in [0.717, 1.165) is 23.2 Å². The zero-order valence-electron chi connectivity index (χ0n) is 15.7. The first-order valence-electron chi connectivity index (χ1n) is 9.29. The number of carbonyl (C=O) groups is 1. The highest BCUT2D eigenvalue weighted by molar-refractivity contribution is 7.10. The van der Waals surface area contributed by atoms with E-state index in [1.54, 1.807) is 22.7 Å². The Kier molecular flexibility index (Phi) is 5.74. The third-order valence-electron chi connectivity index (χ3n) is 4.76. The van der Waals surface area contributed by atoms with Crippen LogP contribution in [0.3, 0.4) is 0 Å². The highest BCUT2D eigenvalue weighted by atomic mass is 32.1. The lowest BCUT2D eigenvalue weighted by atomic mass is 10.1. The van der Waals surface area contributed by atoms with Crippen LogP contribution in [0.15, 0.2) is 77.8 Å². The predicted octanol–water partition coefficient (Wildman–Crippen LogP) is 5.79. The van der Waals surface area contributed by atoms with E-state index in [9.17, 15) is 4.79 Å². The van der Waals surface area contributed by atoms with Crippen molar-refractivity contribution in [2.24, 2.45) is 0 Å². The van der Waals surface area contributed by atoms with Crippen molar-refractivity contribution in [3.8, 4) is 5.69 Å². The maximum absolute atomic E-state index is 13.4. The van der Waals surface area contributed by atoms with Crippen molar-refractivity contribution in [1.82, 2.24) is 9.47 Å². The molecule has 0 atom stereocenters. The summed E-state index contributed by atoms with van der Waals surface area (Å²) >= 11 is 3.44. The third kappa shape index (κ3) is 4.26. The molecule has 0 spiro atoms. The number of rotatable bonds is 7. The number of hydrogen-bond acceptors (Lipinski definition) is 3. The predicted molar refractivity (Wildman–Crippen MR) is 118 cm³/mol. The van der Waals surface area contributed by atoms with Crippen LogP contribution >= 0.6 is 22.7 Å². The molecular formula is C23H22N2OS2. The van der Waals surface area contributed by atoms with Gasteiger partial charge in [0.05, 0.1) is 6.54 Å². The maximum Gasteiger partial charge on any atom is 0.254 e. The Morgan fingerprint density at radius 1 is 0.964 bits per heavy atom. The van der Waals surface area contributed by atoms with Crippen molar-refractivity contribution in [1.29, 1.82) is 0 Å². The molecule has 4 aromatic rings. The van der Waals surface area contributed by atoms with Gasteiger partial charge in [-0.25, -0.2) is 0 Å². The molecule has 1 aromatic carbocycles. The fourth-order valence-electron chi connectivity index (χ4n) is 3.24. The van der Waals surface area contributed by atoms with Crippen LogP contribution in [0.4, 0.5) is 0 Å². The van der Waals surface area contributed by atoms with Crippen LogP contribution in [0.2, 0.25) is 0 Å². The lowest BCUT2D eigenvalue weighted by Crippen LogP contribution is -2.32. The molecule has 0 N–H and O–H groups in total. The van der Waals surface area contributed by atoms with E-state index in [0.29, 0.717) is 13.1 Å². The summed E-state index contributed by atoms with van der Waals surface area (Å²) in [7, 11) is 0. The molecule has 0 saturated heterocycles. The van der Waals surface area contributed by atoms with E-state index in [1.807, 2.05) is 53.7 Å². The summed E-state index contributed by atoms with van der Waals surface area (Å²) in [5.41, 5.74) is 2.93. The summed E-state index contributed by atoms with van der Waals surface area (Å²) in [5.74, 6) is 0.0818. The smallest absolute Gasteiger partial charge is 0.254 e. The second-order valence-electron chi connectivity index (χ2n) is 6.73. The Balaban J connectivity index is 1.59. The molecule has 0 aliphatic carbocycles. The van der Waals surface area contributed by atoms with Gasteiger partial charge in [0.2, 0.25) is 0 Å². The van der Waals surface area contributed by atoms with Crippen LogP contribution < -0.4 is 0 Å². The number of aromatic nitrogens is 1. The molecule has 0 aliphatic heterocycles. The van der Waals surface area contributed by atoms with Crippen molar-refractivity contribution in [2.75, 3.05) is 6.54 Å². The summed E-state index contributed by atoms with van der Waals surface area (Å²) < 4.78 is 2.06. The van der Waals surface area contributed by atoms with Gasteiger partial charge in [0.15, 0.2) is 0 Å². The Hall–Kier alpha value is -2.63. The fourth-order valence-corrected chi connectivity index (χ4v) is 4.66. The summed E-state index contributed by atoms with van der Waals surface area (Å²) in [4.78, 5) is 17.9. The molecule has 5 heteroatoms. The van der Waals surface area contributed by atoms with E-state index in [4.69, 9.17) is 0 Å². The van der Waals surface area contributed by atoms with Crippen LogP contribution in [0.25, 0.3) is 5.69 Å². The van der Waals surface area contributed by atoms with Crippen LogP contribution in [-0.2, 0) is 13.0 Å². The molecule has 4 rings (SSSR count). The second kappa shape index (κ2) is 8.59. The first-order valence-corrected chi connectivity index (χ1v) is 11.0. The number of amides is 1. The molecule has 1 amide bonds. The highest BCUT2D eigenvalue weighted by Gasteiger charge is 2.18. The van der Waals surface area contributed by atoms with E-state index in [2.05, 4.69) is 40.5 Å². The minimum absolute atomic E-state index is 0.0818. The van der Waals surface area contributed by atoms with E-state index >= 15 is 0 Å². The van der Waals surface area contributed by atoms with Gasteiger partial charge in [-0.15, -0.1) is 22.7 Å². The molecule has 28 heavy (non-hydrogen) atoms. The van der Waals surface area contributed by atoms with Gasteiger partial charge < -0.3 is 9.47 Å². The van der Waals surface area contributed by atoms with Gasteiger partial charge in [-0.1, -0.05) is 18.2 Å². The lowest BCUT2D eigenvalue weighted by Gasteiger charge is -2.23. The number of thiophene rings is 2. The fraction of sp³-hybridized carbons (Fsp3) is 0.174. The molecule has 0 saturated carbocycles. The first-order chi connectivity index (χ1) is 13.7. The molecule has 0 bridgehead atoms. The van der Waals surface area contributed by atoms with Crippen molar-refractivity contribution in [3.63, 3.8) is 0 Å². The molecular weight excluding hydrogens is 384 g/mol. The van der Waals surface area contributed by atoms with Gasteiger partial charge in [0.25, 0.3) is 5.91 Å². The quantitative estimate of drug-likeness (QED) is 0.381. The average molecular weight is 407 g/mol. The van der Waals surface area contributed by atoms with Gasteiger partial charge in [-0.3, -0.25) is 4.79 Å².